The van der Waals surface area contributed by atoms with E-state index < -0.39 is 6.10 Å². The molecule has 0 radical (unpaired) electrons. The average Bonchev–Trinajstić information content (AvgIpc) is 3.07. The number of aromatic nitrogens is 1. The van der Waals surface area contributed by atoms with E-state index in [2.05, 4.69) is 20.9 Å². The molecule has 1 saturated heterocycles. The fourth-order valence-corrected chi connectivity index (χ4v) is 2.64. The van der Waals surface area contributed by atoms with Gasteiger partial charge in [-0.25, -0.2) is 0 Å². The molecule has 9 heteroatoms. The second-order valence-corrected chi connectivity index (χ2v) is 5.96. The minimum absolute atomic E-state index is 0. The van der Waals surface area contributed by atoms with Gasteiger partial charge in [0.05, 0.1) is 12.1 Å². The van der Waals surface area contributed by atoms with Crippen LogP contribution in [-0.4, -0.2) is 40.6 Å². The number of nitrogens with zero attached hydrogens (tertiary/aromatic N) is 1. The van der Waals surface area contributed by atoms with E-state index >= 15 is 0 Å². The topological polar surface area (TPSA) is 103 Å². The van der Waals surface area contributed by atoms with Crippen LogP contribution in [0.4, 0.5) is 5.69 Å². The van der Waals surface area contributed by atoms with Crippen molar-refractivity contribution in [3.63, 3.8) is 0 Å². The largest absolute Gasteiger partial charge is 0.392 e. The van der Waals surface area contributed by atoms with E-state index in [-0.39, 0.29) is 42.7 Å². The predicted octanol–water partition coefficient (Wildman–Crippen LogP) is 1.52. The molecule has 2 aromatic rings. The molecular formula is C18H22Cl2N4O3. The average molecular weight is 413 g/mol. The molecule has 0 spiro atoms. The molecule has 1 aliphatic heterocycles. The van der Waals surface area contributed by atoms with Crippen molar-refractivity contribution >= 4 is 42.3 Å². The Morgan fingerprint density at radius 3 is 2.37 bits per heavy atom. The smallest absolute Gasteiger partial charge is 0.255 e. The highest BCUT2D eigenvalue weighted by Crippen LogP contribution is 2.10. The third-order valence-corrected chi connectivity index (χ3v) is 4.05. The maximum absolute atomic E-state index is 12.2. The van der Waals surface area contributed by atoms with Gasteiger partial charge in [-0.05, 0) is 36.2 Å². The second-order valence-electron chi connectivity index (χ2n) is 5.96. The highest BCUT2D eigenvalue weighted by molar-refractivity contribution is 6.04. The monoisotopic (exact) mass is 412 g/mol. The molecule has 1 aromatic carbocycles. The number of carbonyl (C=O) groups is 2. The first-order valence-corrected chi connectivity index (χ1v) is 8.11. The van der Waals surface area contributed by atoms with Crippen LogP contribution in [0.3, 0.4) is 0 Å². The number of aliphatic hydroxyl groups excluding tert-OH is 1. The number of anilines is 1. The summed E-state index contributed by atoms with van der Waals surface area (Å²) in [5, 5.41) is 18.0. The molecule has 27 heavy (non-hydrogen) atoms. The number of hydrogen-bond acceptors (Lipinski definition) is 5. The fraction of sp³-hybridized carbons (Fsp3) is 0.278. The summed E-state index contributed by atoms with van der Waals surface area (Å²) in [6, 6.07) is 10.1. The molecule has 0 aliphatic carbocycles. The van der Waals surface area contributed by atoms with Crippen molar-refractivity contribution < 1.29 is 14.7 Å². The number of benzene rings is 1. The van der Waals surface area contributed by atoms with Crippen LogP contribution in [0.1, 0.15) is 22.3 Å². The van der Waals surface area contributed by atoms with Crippen molar-refractivity contribution in [3.05, 3.63) is 59.9 Å². The minimum atomic E-state index is -0.464. The summed E-state index contributed by atoms with van der Waals surface area (Å²) in [6.45, 7) is 0.818. The molecule has 2 amide bonds. The molecule has 1 aromatic heterocycles. The summed E-state index contributed by atoms with van der Waals surface area (Å²) >= 11 is 0. The van der Waals surface area contributed by atoms with E-state index in [1.165, 1.54) is 0 Å². The van der Waals surface area contributed by atoms with E-state index in [0.717, 1.165) is 5.56 Å². The normalized spacial score (nSPS) is 18.0. The number of β-amino-alcohol motifs (C(OH)–C–C–N with tert-alkyl or cyclic N) is 1. The molecule has 2 heterocycles. The van der Waals surface area contributed by atoms with Crippen LogP contribution in [0.15, 0.2) is 48.8 Å². The highest BCUT2D eigenvalue weighted by atomic mass is 35.5. The van der Waals surface area contributed by atoms with Gasteiger partial charge in [-0.3, -0.25) is 14.6 Å². The van der Waals surface area contributed by atoms with Gasteiger partial charge in [0.25, 0.3) is 5.91 Å². The standard InChI is InChI=1S/C18H20N4O3.2ClH/c23-15-9-16(20-11-15)18(25)21-10-12-1-3-13(4-2-12)17(24)22-14-5-7-19-8-6-14;;/h1-8,15-16,20,23H,9-11H2,(H,21,25)(H,19,22,24);2*1H. The van der Waals surface area contributed by atoms with E-state index in [1.807, 2.05) is 0 Å². The molecule has 2 unspecified atom stereocenters. The summed E-state index contributed by atoms with van der Waals surface area (Å²) in [4.78, 5) is 28.1. The SMILES string of the molecule is Cl.Cl.O=C(Nc1ccncc1)c1ccc(CNC(=O)C2CC(O)CN2)cc1. The first-order chi connectivity index (χ1) is 12.1. The Morgan fingerprint density at radius 2 is 1.78 bits per heavy atom. The lowest BCUT2D eigenvalue weighted by atomic mass is 10.1. The second kappa shape index (κ2) is 10.8. The number of halogens is 2. The molecular weight excluding hydrogens is 391 g/mol. The first-order valence-electron chi connectivity index (χ1n) is 8.11. The zero-order chi connectivity index (χ0) is 17.6. The third-order valence-electron chi connectivity index (χ3n) is 4.05. The Kier molecular flexibility index (Phi) is 9.17. The lowest BCUT2D eigenvalue weighted by molar-refractivity contribution is -0.123. The van der Waals surface area contributed by atoms with Gasteiger partial charge in [0.2, 0.25) is 5.91 Å². The van der Waals surface area contributed by atoms with Crippen LogP contribution in [0, 0.1) is 0 Å². The van der Waals surface area contributed by atoms with Crippen LogP contribution in [0.25, 0.3) is 0 Å². The van der Waals surface area contributed by atoms with Gasteiger partial charge in [0.1, 0.15) is 0 Å². The number of carbonyl (C=O) groups excluding carboxylic acids is 2. The van der Waals surface area contributed by atoms with Crippen LogP contribution in [0.2, 0.25) is 0 Å². The number of hydrogen-bond donors (Lipinski definition) is 4. The number of aliphatic hydroxyl groups is 1. The first kappa shape index (κ1) is 22.9. The van der Waals surface area contributed by atoms with Gasteiger partial charge in [0, 0.05) is 36.7 Å². The molecule has 1 aliphatic rings. The van der Waals surface area contributed by atoms with Gasteiger partial charge in [0.15, 0.2) is 0 Å². The number of nitrogens with one attached hydrogen (secondary N) is 3. The number of pyridine rings is 1. The third kappa shape index (κ3) is 6.48. The zero-order valence-corrected chi connectivity index (χ0v) is 16.1. The molecule has 2 atom stereocenters. The fourth-order valence-electron chi connectivity index (χ4n) is 2.64. The molecule has 146 valence electrons. The molecule has 3 rings (SSSR count). The zero-order valence-electron chi connectivity index (χ0n) is 14.4. The molecule has 0 saturated carbocycles. The van der Waals surface area contributed by atoms with Crippen molar-refractivity contribution in [3.8, 4) is 0 Å². The minimum Gasteiger partial charge on any atom is -0.392 e. The quantitative estimate of drug-likeness (QED) is 0.595. The lowest BCUT2D eigenvalue weighted by Crippen LogP contribution is -2.40. The highest BCUT2D eigenvalue weighted by Gasteiger charge is 2.27. The Bertz CT molecular complexity index is 744. The van der Waals surface area contributed by atoms with Crippen molar-refractivity contribution in [2.24, 2.45) is 0 Å². The van der Waals surface area contributed by atoms with Crippen LogP contribution >= 0.6 is 24.8 Å². The van der Waals surface area contributed by atoms with E-state index in [9.17, 15) is 14.7 Å². The van der Waals surface area contributed by atoms with Crippen molar-refractivity contribution in [2.75, 3.05) is 11.9 Å². The maximum atomic E-state index is 12.2. The van der Waals surface area contributed by atoms with E-state index in [0.29, 0.717) is 30.8 Å². The van der Waals surface area contributed by atoms with E-state index in [4.69, 9.17) is 0 Å². The molecule has 4 N–H and O–H groups in total. The summed E-state index contributed by atoms with van der Waals surface area (Å²) in [6.07, 6.45) is 3.19. The Morgan fingerprint density at radius 1 is 1.11 bits per heavy atom. The van der Waals surface area contributed by atoms with E-state index in [1.54, 1.807) is 48.8 Å². The Hall–Kier alpha value is -2.19. The van der Waals surface area contributed by atoms with Gasteiger partial charge < -0.3 is 21.1 Å². The maximum Gasteiger partial charge on any atom is 0.255 e. The lowest BCUT2D eigenvalue weighted by Gasteiger charge is -2.11. The van der Waals surface area contributed by atoms with Gasteiger partial charge in [-0.2, -0.15) is 0 Å². The molecule has 1 fully saturated rings. The molecule has 0 bridgehead atoms. The van der Waals surface area contributed by atoms with Crippen molar-refractivity contribution in [2.45, 2.75) is 25.1 Å². The van der Waals surface area contributed by atoms with Crippen LogP contribution in [-0.2, 0) is 11.3 Å². The van der Waals surface area contributed by atoms with Crippen LogP contribution < -0.4 is 16.0 Å². The van der Waals surface area contributed by atoms with Gasteiger partial charge in [-0.1, -0.05) is 12.1 Å². The summed E-state index contributed by atoms with van der Waals surface area (Å²) in [5.41, 5.74) is 2.11. The Balaban J connectivity index is 0.00000182. The summed E-state index contributed by atoms with van der Waals surface area (Å²) < 4.78 is 0. The predicted molar refractivity (Wildman–Crippen MR) is 107 cm³/mol. The van der Waals surface area contributed by atoms with Crippen molar-refractivity contribution in [1.82, 2.24) is 15.6 Å². The summed E-state index contributed by atoms with van der Waals surface area (Å²) in [7, 11) is 0. The number of rotatable bonds is 5. The molecule has 7 nitrogen and oxygen atoms in total. The van der Waals surface area contributed by atoms with Gasteiger partial charge in [-0.15, -0.1) is 24.8 Å². The van der Waals surface area contributed by atoms with Crippen molar-refractivity contribution in [1.29, 1.82) is 0 Å². The Labute approximate surface area is 169 Å². The van der Waals surface area contributed by atoms with Gasteiger partial charge >= 0.3 is 0 Å². The summed E-state index contributed by atoms with van der Waals surface area (Å²) in [5.74, 6) is -0.331. The number of amides is 2. The van der Waals surface area contributed by atoms with Crippen LogP contribution in [0.5, 0.6) is 0 Å².